The summed E-state index contributed by atoms with van der Waals surface area (Å²) in [6.07, 6.45) is 0.752. The third-order valence-corrected chi connectivity index (χ3v) is 3.02. The molecule has 0 heterocycles. The van der Waals surface area contributed by atoms with Gasteiger partial charge in [-0.15, -0.1) is 0 Å². The zero-order chi connectivity index (χ0) is 12.7. The van der Waals surface area contributed by atoms with Gasteiger partial charge >= 0.3 is 9.76 Å². The van der Waals surface area contributed by atoms with E-state index < -0.39 is 5.91 Å². The molecular weight excluding hydrogens is 240 g/mol. The maximum Gasteiger partial charge on any atom is 0.376 e. The molecule has 0 aliphatic heterocycles. The van der Waals surface area contributed by atoms with Gasteiger partial charge in [0.2, 0.25) is 0 Å². The lowest BCUT2D eigenvalue weighted by Crippen LogP contribution is -2.26. The van der Waals surface area contributed by atoms with Gasteiger partial charge < -0.3 is 18.6 Å². The molecule has 92 valence electrons. The summed E-state index contributed by atoms with van der Waals surface area (Å²) >= 11 is 0. The number of carbonyl (C=O) groups is 1. The molecule has 0 atom stereocenters. The van der Waals surface area contributed by atoms with Gasteiger partial charge in [0.05, 0.1) is 7.11 Å². The Kier molecular flexibility index (Phi) is 5.68. The summed E-state index contributed by atoms with van der Waals surface area (Å²) < 4.78 is 20.7. The van der Waals surface area contributed by atoms with E-state index >= 15 is 0 Å². The van der Waals surface area contributed by atoms with E-state index in [9.17, 15) is 4.79 Å². The van der Waals surface area contributed by atoms with Crippen molar-refractivity contribution in [3.63, 3.8) is 0 Å². The molecule has 0 aliphatic rings. The summed E-state index contributed by atoms with van der Waals surface area (Å²) in [7, 11) is 4.58. The summed E-state index contributed by atoms with van der Waals surface area (Å²) in [5, 5.41) is 0. The van der Waals surface area contributed by atoms with Crippen LogP contribution in [0, 0.1) is 0 Å². The van der Waals surface area contributed by atoms with Crippen molar-refractivity contribution in [3.05, 3.63) is 23.8 Å². The first-order valence-electron chi connectivity index (χ1n) is 4.86. The van der Waals surface area contributed by atoms with Gasteiger partial charge in [-0.05, 0) is 18.2 Å². The maximum atomic E-state index is 10.6. The number of carbonyl (C=O) groups excluding carboxylic acids is 1. The summed E-state index contributed by atoms with van der Waals surface area (Å²) in [6, 6.07) is 4.95. The van der Waals surface area contributed by atoms with Crippen LogP contribution in [0.5, 0.6) is 11.5 Å². The van der Waals surface area contributed by atoms with E-state index in [1.54, 1.807) is 18.2 Å². The van der Waals surface area contributed by atoms with Crippen LogP contribution in [-0.4, -0.2) is 43.3 Å². The molecule has 0 unspecified atom stereocenters. The molecule has 0 saturated heterocycles. The zero-order valence-electron chi connectivity index (χ0n) is 9.93. The number of methoxy groups -OCH3 is 3. The van der Waals surface area contributed by atoms with E-state index in [1.807, 2.05) is 0 Å². The van der Waals surface area contributed by atoms with Crippen molar-refractivity contribution in [1.82, 2.24) is 0 Å². The van der Waals surface area contributed by atoms with Gasteiger partial charge in [-0.2, -0.15) is 0 Å². The van der Waals surface area contributed by atoms with Crippen molar-refractivity contribution in [2.24, 2.45) is 0 Å². The third-order valence-electron chi connectivity index (χ3n) is 2.02. The minimum absolute atomic E-state index is 0.0151. The number of ether oxygens (including phenoxy) is 3. The predicted molar refractivity (Wildman–Crippen MR) is 62.6 cm³/mol. The van der Waals surface area contributed by atoms with Crippen LogP contribution in [0.25, 0.3) is 0 Å². The Morgan fingerprint density at radius 1 is 1.18 bits per heavy atom. The highest BCUT2D eigenvalue weighted by molar-refractivity contribution is 6.29. The molecule has 2 radical (unpaired) electrons. The molecule has 0 saturated carbocycles. The fourth-order valence-electron chi connectivity index (χ4n) is 1.15. The van der Waals surface area contributed by atoms with E-state index in [-0.39, 0.29) is 9.76 Å². The van der Waals surface area contributed by atoms with E-state index in [1.165, 1.54) is 21.3 Å². The van der Waals surface area contributed by atoms with Gasteiger partial charge in [-0.1, -0.05) is 0 Å². The highest BCUT2D eigenvalue weighted by Gasteiger charge is 2.13. The van der Waals surface area contributed by atoms with Crippen LogP contribution in [0.3, 0.4) is 0 Å². The van der Waals surface area contributed by atoms with Gasteiger partial charge in [0, 0.05) is 19.8 Å². The number of hydrogen-bond acceptors (Lipinski definition) is 5. The quantitative estimate of drug-likeness (QED) is 0.414. The first kappa shape index (κ1) is 13.7. The van der Waals surface area contributed by atoms with Crippen LogP contribution in [0.1, 0.15) is 10.4 Å². The zero-order valence-corrected chi connectivity index (χ0v) is 10.9. The molecule has 0 N–H and O–H groups in total. The standard InChI is InChI=1S/C11H14O5Si/c1-13-10-6-8(7-12)4-5-9(10)16-17-11(14-2)15-3/h4-7,11H,1-3H3. The molecular formula is C11H14O5Si. The third kappa shape index (κ3) is 3.85. The monoisotopic (exact) mass is 254 g/mol. The average molecular weight is 254 g/mol. The van der Waals surface area contributed by atoms with E-state index in [2.05, 4.69) is 0 Å². The summed E-state index contributed by atoms with van der Waals surface area (Å²) in [5.74, 6) is 0.647. The van der Waals surface area contributed by atoms with Crippen LogP contribution in [-0.2, 0) is 9.47 Å². The van der Waals surface area contributed by atoms with Gasteiger partial charge in [0.25, 0.3) is 0 Å². The molecule has 0 bridgehead atoms. The number of aldehydes is 1. The largest absolute Gasteiger partial charge is 0.533 e. The van der Waals surface area contributed by atoms with Crippen molar-refractivity contribution >= 4 is 16.0 Å². The summed E-state index contributed by atoms with van der Waals surface area (Å²) in [5.41, 5.74) is 0.535. The van der Waals surface area contributed by atoms with Crippen LogP contribution in [0.2, 0.25) is 0 Å². The number of rotatable bonds is 7. The summed E-state index contributed by atoms with van der Waals surface area (Å²) in [6.45, 7) is 0. The highest BCUT2D eigenvalue weighted by atomic mass is 28.2. The fraction of sp³-hybridized carbons (Fsp3) is 0.364. The van der Waals surface area contributed by atoms with Crippen molar-refractivity contribution < 1.29 is 23.4 Å². The van der Waals surface area contributed by atoms with Crippen LogP contribution in [0.15, 0.2) is 18.2 Å². The summed E-state index contributed by atoms with van der Waals surface area (Å²) in [4.78, 5) is 10.6. The Labute approximate surface area is 103 Å². The molecule has 5 nitrogen and oxygen atoms in total. The molecule has 17 heavy (non-hydrogen) atoms. The Morgan fingerprint density at radius 3 is 2.41 bits per heavy atom. The minimum atomic E-state index is -0.412. The lowest BCUT2D eigenvalue weighted by molar-refractivity contribution is -0.0492. The van der Waals surface area contributed by atoms with Gasteiger partial charge in [-0.25, -0.2) is 0 Å². The van der Waals surface area contributed by atoms with Crippen molar-refractivity contribution in [2.45, 2.75) is 5.91 Å². The first-order chi connectivity index (χ1) is 8.24. The maximum absolute atomic E-state index is 10.6. The molecule has 1 aromatic rings. The molecule has 0 aromatic heterocycles. The average Bonchev–Trinajstić information content (AvgIpc) is 2.39. The van der Waals surface area contributed by atoms with Crippen molar-refractivity contribution in [2.75, 3.05) is 21.3 Å². The SMILES string of the molecule is COc1cc(C=O)ccc1O[Si]C(OC)OC. The molecule has 1 rings (SSSR count). The molecule has 1 aromatic carbocycles. The molecule has 6 heteroatoms. The Balaban J connectivity index is 2.73. The van der Waals surface area contributed by atoms with E-state index in [4.69, 9.17) is 18.6 Å². The topological polar surface area (TPSA) is 54.0 Å². The smallest absolute Gasteiger partial charge is 0.376 e. The Morgan fingerprint density at radius 2 is 1.88 bits per heavy atom. The second kappa shape index (κ2) is 7.05. The first-order valence-corrected chi connectivity index (χ1v) is 5.85. The van der Waals surface area contributed by atoms with Crippen molar-refractivity contribution in [3.8, 4) is 11.5 Å². The molecule has 0 fully saturated rings. The lowest BCUT2D eigenvalue weighted by Gasteiger charge is -2.14. The minimum Gasteiger partial charge on any atom is -0.533 e. The normalized spacial score (nSPS) is 10.4. The predicted octanol–water partition coefficient (Wildman–Crippen LogP) is 1.08. The molecule has 0 amide bonds. The second-order valence-corrected chi connectivity index (χ2v) is 3.96. The second-order valence-electron chi connectivity index (χ2n) is 3.05. The Hall–Kier alpha value is -1.37. The number of hydrogen-bond donors (Lipinski definition) is 0. The molecule has 0 aliphatic carbocycles. The van der Waals surface area contributed by atoms with Crippen LogP contribution >= 0.6 is 0 Å². The lowest BCUT2D eigenvalue weighted by atomic mass is 10.2. The van der Waals surface area contributed by atoms with E-state index in [0.29, 0.717) is 17.1 Å². The number of benzene rings is 1. The fourth-order valence-corrected chi connectivity index (χ4v) is 1.73. The highest BCUT2D eigenvalue weighted by Crippen LogP contribution is 2.27. The molecule has 0 spiro atoms. The van der Waals surface area contributed by atoms with Gasteiger partial charge in [0.15, 0.2) is 11.7 Å². The van der Waals surface area contributed by atoms with Crippen LogP contribution in [0.4, 0.5) is 0 Å². The van der Waals surface area contributed by atoms with E-state index in [0.717, 1.165) is 6.29 Å². The van der Waals surface area contributed by atoms with Gasteiger partial charge in [0.1, 0.15) is 12.0 Å². The van der Waals surface area contributed by atoms with Crippen molar-refractivity contribution in [1.29, 1.82) is 0 Å². The Bertz CT molecular complexity index is 365. The van der Waals surface area contributed by atoms with Crippen LogP contribution < -0.4 is 9.16 Å². The van der Waals surface area contributed by atoms with Gasteiger partial charge in [-0.3, -0.25) is 4.79 Å².